The summed E-state index contributed by atoms with van der Waals surface area (Å²) in [6.45, 7) is 3.67. The Kier molecular flexibility index (Phi) is 10.9. The van der Waals surface area contributed by atoms with Gasteiger partial charge in [0, 0.05) is 6.04 Å². The lowest BCUT2D eigenvalue weighted by Gasteiger charge is -2.34. The van der Waals surface area contributed by atoms with Crippen LogP contribution in [0.4, 0.5) is 0 Å². The third kappa shape index (κ3) is 7.93. The van der Waals surface area contributed by atoms with E-state index < -0.39 is 0 Å². The van der Waals surface area contributed by atoms with Crippen molar-refractivity contribution >= 4 is 12.6 Å². The van der Waals surface area contributed by atoms with E-state index >= 15 is 0 Å². The van der Waals surface area contributed by atoms with Crippen molar-refractivity contribution in [2.45, 2.75) is 90.0 Å². The molecule has 1 nitrogen and oxygen atoms in total. The van der Waals surface area contributed by atoms with E-state index in [1.165, 1.54) is 83.6 Å². The first-order chi connectivity index (χ1) is 9.77. The first-order valence-corrected chi connectivity index (χ1v) is 9.72. The van der Waals surface area contributed by atoms with Gasteiger partial charge in [-0.05, 0) is 63.8 Å². The molecule has 0 amide bonds. The van der Waals surface area contributed by atoms with Crippen LogP contribution in [-0.2, 0) is 0 Å². The molecule has 0 aliphatic heterocycles. The highest BCUT2D eigenvalue weighted by Crippen LogP contribution is 2.29. The van der Waals surface area contributed by atoms with Crippen molar-refractivity contribution in [3.63, 3.8) is 0 Å². The zero-order valence-electron chi connectivity index (χ0n) is 13.9. The van der Waals surface area contributed by atoms with Gasteiger partial charge in [0.2, 0.25) is 0 Å². The van der Waals surface area contributed by atoms with Crippen LogP contribution in [0.15, 0.2) is 0 Å². The summed E-state index contributed by atoms with van der Waals surface area (Å²) >= 11 is 4.26. The van der Waals surface area contributed by atoms with Gasteiger partial charge in [0.25, 0.3) is 0 Å². The highest BCUT2D eigenvalue weighted by molar-refractivity contribution is 7.80. The van der Waals surface area contributed by atoms with E-state index in [4.69, 9.17) is 0 Å². The van der Waals surface area contributed by atoms with Crippen molar-refractivity contribution in [1.29, 1.82) is 0 Å². The summed E-state index contributed by atoms with van der Waals surface area (Å²) in [5, 5.41) is 0. The summed E-state index contributed by atoms with van der Waals surface area (Å²) in [5.41, 5.74) is 0. The fourth-order valence-corrected chi connectivity index (χ4v) is 3.76. The number of unbranched alkanes of at least 4 members (excludes halogenated alkanes) is 6. The van der Waals surface area contributed by atoms with Crippen molar-refractivity contribution in [1.82, 2.24) is 4.90 Å². The molecular formula is C18H37NS. The average molecular weight is 300 g/mol. The number of rotatable bonds is 11. The Labute approximate surface area is 133 Å². The molecule has 2 heteroatoms. The molecule has 0 spiro atoms. The van der Waals surface area contributed by atoms with Crippen molar-refractivity contribution in [2.24, 2.45) is 5.92 Å². The topological polar surface area (TPSA) is 3.24 Å². The average Bonchev–Trinajstić information content (AvgIpc) is 2.50. The normalized spacial score (nSPS) is 23.4. The van der Waals surface area contributed by atoms with Gasteiger partial charge in [0.1, 0.15) is 0 Å². The minimum Gasteiger partial charge on any atom is -0.303 e. The number of nitrogens with zero attached hydrogens (tertiary/aromatic N) is 1. The molecule has 0 N–H and O–H groups in total. The molecule has 0 aromatic rings. The van der Waals surface area contributed by atoms with Gasteiger partial charge in [-0.2, -0.15) is 12.6 Å². The molecule has 0 unspecified atom stereocenters. The summed E-state index contributed by atoms with van der Waals surface area (Å²) in [6.07, 6.45) is 17.0. The first kappa shape index (κ1) is 18.4. The van der Waals surface area contributed by atoms with Gasteiger partial charge in [-0.25, -0.2) is 0 Å². The molecule has 0 heterocycles. The third-order valence-electron chi connectivity index (χ3n) is 5.19. The Morgan fingerprint density at radius 2 is 1.40 bits per heavy atom. The predicted octanol–water partition coefficient (Wildman–Crippen LogP) is 5.55. The number of hydrogen-bond donors (Lipinski definition) is 1. The summed E-state index contributed by atoms with van der Waals surface area (Å²) < 4.78 is 0. The van der Waals surface area contributed by atoms with Gasteiger partial charge in [-0.1, -0.05) is 45.4 Å². The number of thiol groups is 1. The molecule has 0 aromatic heterocycles. The zero-order chi connectivity index (χ0) is 14.6. The minimum absolute atomic E-state index is 0.883. The van der Waals surface area contributed by atoms with E-state index in [1.54, 1.807) is 0 Å². The predicted molar refractivity (Wildman–Crippen MR) is 94.8 cm³/mol. The van der Waals surface area contributed by atoms with E-state index in [0.717, 1.165) is 17.7 Å². The fourth-order valence-electron chi connectivity index (χ4n) is 3.53. The van der Waals surface area contributed by atoms with Crippen LogP contribution in [0.1, 0.15) is 84.0 Å². The quantitative estimate of drug-likeness (QED) is 0.387. The second kappa shape index (κ2) is 11.9. The van der Waals surface area contributed by atoms with Gasteiger partial charge in [-0.15, -0.1) is 0 Å². The summed E-state index contributed by atoms with van der Waals surface area (Å²) in [6, 6.07) is 0.883. The lowest BCUT2D eigenvalue weighted by molar-refractivity contribution is 0.161. The zero-order valence-corrected chi connectivity index (χ0v) is 14.8. The Morgan fingerprint density at radius 3 is 1.95 bits per heavy atom. The Balaban J connectivity index is 1.94. The van der Waals surface area contributed by atoms with Crippen molar-refractivity contribution in [3.8, 4) is 0 Å². The second-order valence-corrected chi connectivity index (χ2v) is 7.21. The molecule has 1 rings (SSSR count). The highest BCUT2D eigenvalue weighted by Gasteiger charge is 2.22. The van der Waals surface area contributed by atoms with Crippen LogP contribution < -0.4 is 0 Å². The standard InChI is InChI=1S/C18H37NS/c1-3-17-11-13-18(14-12-17)19(2)15-9-7-5-4-6-8-10-16-20/h17-18,20H,3-16H2,1-2H3. The molecule has 1 aliphatic carbocycles. The second-order valence-electron chi connectivity index (χ2n) is 6.76. The number of hydrogen-bond acceptors (Lipinski definition) is 2. The fraction of sp³-hybridized carbons (Fsp3) is 1.00. The van der Waals surface area contributed by atoms with Gasteiger partial charge in [-0.3, -0.25) is 0 Å². The molecule has 0 saturated heterocycles. The van der Waals surface area contributed by atoms with Crippen LogP contribution in [0, 0.1) is 5.92 Å². The van der Waals surface area contributed by atoms with Crippen molar-refractivity contribution < 1.29 is 0 Å². The SMILES string of the molecule is CCC1CCC(N(C)CCCCCCCCCS)CC1. The van der Waals surface area contributed by atoms with E-state index in [9.17, 15) is 0 Å². The molecule has 1 fully saturated rings. The molecule has 120 valence electrons. The summed E-state index contributed by atoms with van der Waals surface area (Å²) in [4.78, 5) is 2.65. The van der Waals surface area contributed by atoms with Crippen molar-refractivity contribution in [3.05, 3.63) is 0 Å². The minimum atomic E-state index is 0.883. The monoisotopic (exact) mass is 299 g/mol. The van der Waals surface area contributed by atoms with Crippen LogP contribution in [0.2, 0.25) is 0 Å². The Bertz CT molecular complexity index is 211. The molecule has 0 bridgehead atoms. The van der Waals surface area contributed by atoms with Crippen molar-refractivity contribution in [2.75, 3.05) is 19.3 Å². The molecule has 0 aromatic carbocycles. The Morgan fingerprint density at radius 1 is 0.850 bits per heavy atom. The summed E-state index contributed by atoms with van der Waals surface area (Å²) in [7, 11) is 2.35. The smallest absolute Gasteiger partial charge is 0.00924 e. The maximum atomic E-state index is 4.26. The van der Waals surface area contributed by atoms with E-state index in [2.05, 4.69) is 31.5 Å². The molecular weight excluding hydrogens is 262 g/mol. The molecule has 1 saturated carbocycles. The maximum Gasteiger partial charge on any atom is 0.00924 e. The lowest BCUT2D eigenvalue weighted by atomic mass is 9.84. The van der Waals surface area contributed by atoms with Gasteiger partial charge >= 0.3 is 0 Å². The van der Waals surface area contributed by atoms with E-state index in [1.807, 2.05) is 0 Å². The van der Waals surface area contributed by atoms with Crippen LogP contribution in [0.5, 0.6) is 0 Å². The van der Waals surface area contributed by atoms with E-state index in [0.29, 0.717) is 0 Å². The van der Waals surface area contributed by atoms with E-state index in [-0.39, 0.29) is 0 Å². The van der Waals surface area contributed by atoms with Crippen LogP contribution in [0.3, 0.4) is 0 Å². The summed E-state index contributed by atoms with van der Waals surface area (Å²) in [5.74, 6) is 2.09. The van der Waals surface area contributed by atoms with Crippen LogP contribution >= 0.6 is 12.6 Å². The van der Waals surface area contributed by atoms with Gasteiger partial charge < -0.3 is 4.90 Å². The third-order valence-corrected chi connectivity index (χ3v) is 5.50. The van der Waals surface area contributed by atoms with Crippen LogP contribution in [0.25, 0.3) is 0 Å². The largest absolute Gasteiger partial charge is 0.303 e. The molecule has 0 atom stereocenters. The maximum absolute atomic E-state index is 4.26. The van der Waals surface area contributed by atoms with Gasteiger partial charge in [0.15, 0.2) is 0 Å². The Hall–Kier alpha value is 0.310. The van der Waals surface area contributed by atoms with Gasteiger partial charge in [0.05, 0.1) is 0 Å². The van der Waals surface area contributed by atoms with Crippen LogP contribution in [-0.4, -0.2) is 30.3 Å². The molecule has 0 radical (unpaired) electrons. The molecule has 20 heavy (non-hydrogen) atoms. The first-order valence-electron chi connectivity index (χ1n) is 9.09. The lowest BCUT2D eigenvalue weighted by Crippen LogP contribution is -2.35. The molecule has 1 aliphatic rings. The highest BCUT2D eigenvalue weighted by atomic mass is 32.1.